The van der Waals surface area contributed by atoms with Gasteiger partial charge in [-0.05, 0) is 35.9 Å². The van der Waals surface area contributed by atoms with E-state index in [1.165, 1.54) is 24.5 Å². The topological polar surface area (TPSA) is 166 Å². The quantitative estimate of drug-likeness (QED) is 0.353. The molecule has 178 valence electrons. The molecule has 3 amide bonds. The SMILES string of the molecule is O=C(O)N1C(=O)/C(=C\c2ccccc2)N(C(=O)O)c2cc3c(-c4ccncc4)nn(C(=O)O)c3cc21. The molecule has 0 bridgehead atoms. The summed E-state index contributed by atoms with van der Waals surface area (Å²) in [5.74, 6) is -1.11. The lowest BCUT2D eigenvalue weighted by atomic mass is 10.0. The van der Waals surface area contributed by atoms with Gasteiger partial charge >= 0.3 is 18.3 Å². The molecule has 0 fully saturated rings. The molecule has 12 heteroatoms. The molecule has 4 aromatic rings. The number of benzene rings is 2. The predicted molar refractivity (Wildman–Crippen MR) is 127 cm³/mol. The first-order valence-corrected chi connectivity index (χ1v) is 10.4. The number of nitrogens with zero attached hydrogens (tertiary/aromatic N) is 5. The maximum atomic E-state index is 13.3. The summed E-state index contributed by atoms with van der Waals surface area (Å²) in [6.45, 7) is 0. The van der Waals surface area contributed by atoms with Crippen LogP contribution in [0.2, 0.25) is 0 Å². The highest BCUT2D eigenvalue weighted by Crippen LogP contribution is 2.43. The molecule has 36 heavy (non-hydrogen) atoms. The van der Waals surface area contributed by atoms with Gasteiger partial charge in [-0.3, -0.25) is 9.78 Å². The molecule has 0 saturated heterocycles. The van der Waals surface area contributed by atoms with Crippen molar-refractivity contribution in [2.45, 2.75) is 0 Å². The number of rotatable bonds is 2. The molecule has 0 unspecified atom stereocenters. The number of anilines is 2. The van der Waals surface area contributed by atoms with Crippen molar-refractivity contribution in [2.24, 2.45) is 0 Å². The fourth-order valence-corrected chi connectivity index (χ4v) is 4.04. The van der Waals surface area contributed by atoms with Gasteiger partial charge in [-0.25, -0.2) is 24.2 Å². The van der Waals surface area contributed by atoms with Gasteiger partial charge in [-0.15, -0.1) is 0 Å². The summed E-state index contributed by atoms with van der Waals surface area (Å²) in [5.41, 5.74) is 0.245. The Morgan fingerprint density at radius 3 is 2.06 bits per heavy atom. The summed E-state index contributed by atoms with van der Waals surface area (Å²) in [4.78, 5) is 54.7. The van der Waals surface area contributed by atoms with Crippen LogP contribution in [0.4, 0.5) is 25.8 Å². The van der Waals surface area contributed by atoms with E-state index in [1.807, 2.05) is 0 Å². The fourth-order valence-electron chi connectivity index (χ4n) is 4.04. The molecule has 2 aromatic carbocycles. The third kappa shape index (κ3) is 3.49. The lowest BCUT2D eigenvalue weighted by Gasteiger charge is -2.34. The first-order chi connectivity index (χ1) is 17.3. The van der Waals surface area contributed by atoms with Crippen LogP contribution < -0.4 is 9.80 Å². The molecule has 3 N–H and O–H groups in total. The van der Waals surface area contributed by atoms with E-state index in [4.69, 9.17) is 0 Å². The minimum absolute atomic E-state index is 0.0343. The Kier molecular flexibility index (Phi) is 5.17. The third-order valence-corrected chi connectivity index (χ3v) is 5.54. The Morgan fingerprint density at radius 2 is 1.44 bits per heavy atom. The third-order valence-electron chi connectivity index (χ3n) is 5.54. The van der Waals surface area contributed by atoms with Crippen molar-refractivity contribution in [1.82, 2.24) is 14.8 Å². The Labute approximate surface area is 201 Å². The van der Waals surface area contributed by atoms with E-state index in [0.29, 0.717) is 25.6 Å². The van der Waals surface area contributed by atoms with E-state index in [2.05, 4.69) is 10.1 Å². The van der Waals surface area contributed by atoms with Crippen LogP contribution in [0, 0.1) is 0 Å². The van der Waals surface area contributed by atoms with Crippen molar-refractivity contribution in [3.63, 3.8) is 0 Å². The van der Waals surface area contributed by atoms with Gasteiger partial charge in [-0.2, -0.15) is 9.78 Å². The number of carbonyl (C=O) groups excluding carboxylic acids is 1. The molecule has 0 atom stereocenters. The van der Waals surface area contributed by atoms with Crippen LogP contribution in [0.5, 0.6) is 0 Å². The van der Waals surface area contributed by atoms with Gasteiger partial charge in [0.2, 0.25) is 0 Å². The Hall–Kier alpha value is -5.52. The lowest BCUT2D eigenvalue weighted by molar-refractivity contribution is -0.114. The van der Waals surface area contributed by atoms with Crippen molar-refractivity contribution in [3.05, 3.63) is 78.3 Å². The molecule has 0 saturated carbocycles. The van der Waals surface area contributed by atoms with Gasteiger partial charge < -0.3 is 15.3 Å². The summed E-state index contributed by atoms with van der Waals surface area (Å²) in [6, 6.07) is 14.0. The van der Waals surface area contributed by atoms with Crippen LogP contribution in [0.3, 0.4) is 0 Å². The van der Waals surface area contributed by atoms with E-state index >= 15 is 0 Å². The largest absolute Gasteiger partial charge is 0.464 e. The molecular weight excluding hydrogens is 470 g/mol. The smallest absolute Gasteiger partial charge is 0.432 e. The number of imide groups is 1. The van der Waals surface area contributed by atoms with Crippen molar-refractivity contribution >= 4 is 52.5 Å². The number of carboxylic acid groups (broad SMARTS) is 3. The van der Waals surface area contributed by atoms with E-state index in [-0.39, 0.29) is 28.0 Å². The molecule has 1 aliphatic heterocycles. The molecule has 0 radical (unpaired) electrons. The number of aromatic nitrogens is 3. The number of amides is 3. The molecule has 0 aliphatic carbocycles. The van der Waals surface area contributed by atoms with E-state index in [9.17, 15) is 34.5 Å². The zero-order valence-corrected chi connectivity index (χ0v) is 18.1. The average molecular weight is 485 g/mol. The maximum Gasteiger partial charge on any atom is 0.432 e. The second-order valence-electron chi connectivity index (χ2n) is 7.62. The molecule has 0 spiro atoms. The molecule has 3 heterocycles. The Balaban J connectivity index is 1.85. The number of fused-ring (bicyclic) bond motifs is 2. The summed E-state index contributed by atoms with van der Waals surface area (Å²) in [7, 11) is 0. The van der Waals surface area contributed by atoms with Crippen molar-refractivity contribution in [3.8, 4) is 11.3 Å². The van der Waals surface area contributed by atoms with Gasteiger partial charge in [0.15, 0.2) is 0 Å². The second-order valence-corrected chi connectivity index (χ2v) is 7.62. The first kappa shape index (κ1) is 22.3. The Morgan fingerprint density at radius 1 is 0.806 bits per heavy atom. The number of pyridine rings is 1. The minimum Gasteiger partial charge on any atom is -0.464 e. The average Bonchev–Trinajstić information content (AvgIpc) is 3.23. The van der Waals surface area contributed by atoms with E-state index in [1.54, 1.807) is 42.5 Å². The summed E-state index contributed by atoms with van der Waals surface area (Å²) < 4.78 is 0.635. The number of hydrogen-bond acceptors (Lipinski definition) is 6. The zero-order chi connectivity index (χ0) is 25.6. The summed E-state index contributed by atoms with van der Waals surface area (Å²) in [5, 5.41) is 34.0. The van der Waals surface area contributed by atoms with Crippen LogP contribution >= 0.6 is 0 Å². The van der Waals surface area contributed by atoms with Gasteiger partial charge in [0.05, 0.1) is 16.9 Å². The van der Waals surface area contributed by atoms with Crippen molar-refractivity contribution in [2.75, 3.05) is 9.80 Å². The van der Waals surface area contributed by atoms with Gasteiger partial charge in [0.25, 0.3) is 5.91 Å². The number of hydrogen-bond donors (Lipinski definition) is 3. The van der Waals surface area contributed by atoms with Gasteiger partial charge in [0, 0.05) is 23.3 Å². The fraction of sp³-hybridized carbons (Fsp3) is 0. The maximum absolute atomic E-state index is 13.3. The highest BCUT2D eigenvalue weighted by Gasteiger charge is 2.41. The molecule has 12 nitrogen and oxygen atoms in total. The van der Waals surface area contributed by atoms with Crippen LogP contribution in [-0.4, -0.2) is 54.3 Å². The van der Waals surface area contributed by atoms with E-state index < -0.39 is 29.9 Å². The summed E-state index contributed by atoms with van der Waals surface area (Å²) in [6.07, 6.45) is -0.427. The monoisotopic (exact) mass is 485 g/mol. The van der Waals surface area contributed by atoms with Gasteiger partial charge in [0.1, 0.15) is 11.4 Å². The van der Waals surface area contributed by atoms with E-state index in [0.717, 1.165) is 6.07 Å². The predicted octanol–water partition coefficient (Wildman–Crippen LogP) is 4.17. The summed E-state index contributed by atoms with van der Waals surface area (Å²) >= 11 is 0. The molecule has 5 rings (SSSR count). The normalized spacial score (nSPS) is 14.2. The minimum atomic E-state index is -1.67. The van der Waals surface area contributed by atoms with Crippen LogP contribution in [0.15, 0.2) is 72.7 Å². The second kappa shape index (κ2) is 8.36. The lowest BCUT2D eigenvalue weighted by Crippen LogP contribution is -2.48. The van der Waals surface area contributed by atoms with Crippen molar-refractivity contribution < 1.29 is 34.5 Å². The Bertz CT molecular complexity index is 1600. The van der Waals surface area contributed by atoms with Crippen LogP contribution in [-0.2, 0) is 4.79 Å². The highest BCUT2D eigenvalue weighted by atomic mass is 16.4. The van der Waals surface area contributed by atoms with Crippen molar-refractivity contribution in [1.29, 1.82) is 0 Å². The zero-order valence-electron chi connectivity index (χ0n) is 18.1. The number of carbonyl (C=O) groups is 4. The van der Waals surface area contributed by atoms with Crippen LogP contribution in [0.25, 0.3) is 28.2 Å². The van der Waals surface area contributed by atoms with Gasteiger partial charge in [-0.1, -0.05) is 30.3 Å². The highest BCUT2D eigenvalue weighted by molar-refractivity contribution is 6.29. The molecule has 2 aromatic heterocycles. The van der Waals surface area contributed by atoms with Crippen LogP contribution in [0.1, 0.15) is 5.56 Å². The molecule has 1 aliphatic rings. The first-order valence-electron chi connectivity index (χ1n) is 10.4. The molecular formula is C24H15N5O7. The standard InChI is InChI=1S/C24H15N5O7/c30-21-19(10-13-4-2-1-3-5-13)27(22(31)32)17-11-15-16(12-18(17)28(21)23(33)34)29(24(35)36)26-20(15)14-6-8-25-9-7-14/h1-12H,(H,31,32)(H,33,34)(H,35,36)/b19-10+.